The molecule has 4 rings (SSSR count). The number of nitrogens with zero attached hydrogens (tertiary/aromatic N) is 4. The smallest absolute Gasteiger partial charge is 0.347 e. The lowest BCUT2D eigenvalue weighted by Gasteiger charge is -2.25. The number of halogens is 4. The fourth-order valence-corrected chi connectivity index (χ4v) is 4.50. The summed E-state index contributed by atoms with van der Waals surface area (Å²) in [5.41, 5.74) is 1.48. The van der Waals surface area contributed by atoms with E-state index >= 15 is 0 Å². The minimum Gasteiger partial charge on any atom is -0.347 e. The van der Waals surface area contributed by atoms with E-state index in [1.165, 1.54) is 4.68 Å². The lowest BCUT2D eigenvalue weighted by atomic mass is 10.1. The largest absolute Gasteiger partial charge is 0.405 e. The minimum atomic E-state index is -4.44. The summed E-state index contributed by atoms with van der Waals surface area (Å²) < 4.78 is 38.4. The molecular weight excluding hydrogens is 483 g/mol. The molecule has 186 valence electrons. The topological polar surface area (TPSA) is 80.1 Å². The minimum absolute atomic E-state index is 0.0416. The number of carbonyl (C=O) groups is 1. The number of fused-ring (bicyclic) bond motifs is 1. The predicted molar refractivity (Wildman–Crippen MR) is 126 cm³/mol. The monoisotopic (exact) mass is 507 g/mol. The second-order valence-corrected chi connectivity index (χ2v) is 9.07. The third-order valence-electron chi connectivity index (χ3n) is 6.12. The molecule has 0 bridgehead atoms. The summed E-state index contributed by atoms with van der Waals surface area (Å²) in [5.74, 6) is -0.647. The molecule has 1 aliphatic rings. The number of hydrogen-bond donors (Lipinski definition) is 1. The number of alkyl halides is 3. The van der Waals surface area contributed by atoms with Crippen LogP contribution in [0.1, 0.15) is 30.5 Å². The van der Waals surface area contributed by atoms with Gasteiger partial charge in [0, 0.05) is 48.2 Å². The quantitative estimate of drug-likeness (QED) is 0.504. The van der Waals surface area contributed by atoms with E-state index < -0.39 is 18.6 Å². The van der Waals surface area contributed by atoms with Gasteiger partial charge in [0.15, 0.2) is 0 Å². The second-order valence-electron chi connectivity index (χ2n) is 8.63. The third kappa shape index (κ3) is 6.58. The van der Waals surface area contributed by atoms with Gasteiger partial charge in [0.25, 0.3) is 5.56 Å². The van der Waals surface area contributed by atoms with Crippen molar-refractivity contribution in [3.8, 4) is 0 Å². The SMILES string of the molecule is O=C(CCN1CCC[C@@H]1Cn1nc(Cc2ccc(Cl)cc2)c2cnccc2c1=O)NCC(F)(F)F. The summed E-state index contributed by atoms with van der Waals surface area (Å²) in [6, 6.07) is 9.05. The average molecular weight is 508 g/mol. The number of hydrogen-bond acceptors (Lipinski definition) is 5. The van der Waals surface area contributed by atoms with Crippen LogP contribution in [0.3, 0.4) is 0 Å². The molecule has 1 amide bonds. The van der Waals surface area contributed by atoms with Crippen LogP contribution in [0.25, 0.3) is 10.8 Å². The molecule has 1 aliphatic heterocycles. The Kier molecular flexibility index (Phi) is 7.71. The predicted octanol–water partition coefficient (Wildman–Crippen LogP) is 3.57. The molecule has 11 heteroatoms. The number of pyridine rings is 1. The maximum absolute atomic E-state index is 13.2. The Balaban J connectivity index is 1.51. The van der Waals surface area contributed by atoms with Crippen LogP contribution < -0.4 is 10.9 Å². The van der Waals surface area contributed by atoms with Gasteiger partial charge in [-0.25, -0.2) is 4.68 Å². The van der Waals surface area contributed by atoms with Gasteiger partial charge >= 0.3 is 6.18 Å². The van der Waals surface area contributed by atoms with Crippen LogP contribution in [0, 0.1) is 0 Å². The Morgan fingerprint density at radius 3 is 2.69 bits per heavy atom. The molecule has 35 heavy (non-hydrogen) atoms. The fraction of sp³-hybridized carbons (Fsp3) is 0.417. The summed E-state index contributed by atoms with van der Waals surface area (Å²) in [5, 5.41) is 8.41. The van der Waals surface area contributed by atoms with Crippen LogP contribution in [0.5, 0.6) is 0 Å². The van der Waals surface area contributed by atoms with Crippen LogP contribution in [0.2, 0.25) is 5.02 Å². The molecule has 3 aromatic rings. The van der Waals surface area contributed by atoms with Crippen molar-refractivity contribution in [2.24, 2.45) is 0 Å². The molecular formula is C24H25ClF3N5O2. The van der Waals surface area contributed by atoms with Gasteiger partial charge in [-0.2, -0.15) is 18.3 Å². The Labute approximate surface area is 204 Å². The number of benzene rings is 1. The van der Waals surface area contributed by atoms with Crippen molar-refractivity contribution in [3.05, 3.63) is 69.4 Å². The highest BCUT2D eigenvalue weighted by Crippen LogP contribution is 2.21. The molecule has 0 saturated carbocycles. The maximum Gasteiger partial charge on any atom is 0.405 e. The van der Waals surface area contributed by atoms with E-state index in [4.69, 9.17) is 11.6 Å². The Bertz CT molecular complexity index is 1250. The fourth-order valence-electron chi connectivity index (χ4n) is 4.37. The van der Waals surface area contributed by atoms with Crippen molar-refractivity contribution < 1.29 is 18.0 Å². The molecule has 3 heterocycles. The van der Waals surface area contributed by atoms with Gasteiger partial charge in [-0.05, 0) is 43.1 Å². The highest BCUT2D eigenvalue weighted by atomic mass is 35.5. The van der Waals surface area contributed by atoms with E-state index in [-0.39, 0.29) is 18.0 Å². The maximum atomic E-state index is 13.2. The van der Waals surface area contributed by atoms with Crippen LogP contribution in [-0.2, 0) is 17.8 Å². The normalized spacial score (nSPS) is 16.6. The van der Waals surface area contributed by atoms with Gasteiger partial charge in [0.1, 0.15) is 6.54 Å². The lowest BCUT2D eigenvalue weighted by Crippen LogP contribution is -2.40. The van der Waals surface area contributed by atoms with E-state index in [1.54, 1.807) is 30.6 Å². The van der Waals surface area contributed by atoms with Crippen LogP contribution in [0.4, 0.5) is 13.2 Å². The molecule has 1 aromatic carbocycles. The molecule has 0 spiro atoms. The number of aromatic nitrogens is 3. The molecule has 1 saturated heterocycles. The molecule has 0 radical (unpaired) electrons. The van der Waals surface area contributed by atoms with Crippen molar-refractivity contribution in [2.75, 3.05) is 19.6 Å². The van der Waals surface area contributed by atoms with E-state index in [0.717, 1.165) is 18.4 Å². The summed E-state index contributed by atoms with van der Waals surface area (Å²) in [6.07, 6.45) is 0.905. The van der Waals surface area contributed by atoms with Crippen molar-refractivity contribution in [3.63, 3.8) is 0 Å². The van der Waals surface area contributed by atoms with E-state index in [9.17, 15) is 22.8 Å². The van der Waals surface area contributed by atoms with Gasteiger partial charge in [-0.15, -0.1) is 0 Å². The van der Waals surface area contributed by atoms with Crippen LogP contribution >= 0.6 is 11.6 Å². The van der Waals surface area contributed by atoms with Crippen molar-refractivity contribution in [1.82, 2.24) is 25.0 Å². The zero-order valence-corrected chi connectivity index (χ0v) is 19.6. The first-order valence-electron chi connectivity index (χ1n) is 11.4. The molecule has 1 N–H and O–H groups in total. The molecule has 1 fully saturated rings. The Morgan fingerprint density at radius 1 is 1.17 bits per heavy atom. The van der Waals surface area contributed by atoms with Crippen LogP contribution in [-0.4, -0.2) is 57.4 Å². The van der Waals surface area contributed by atoms with Crippen molar-refractivity contribution in [2.45, 2.75) is 44.4 Å². The Morgan fingerprint density at radius 2 is 1.94 bits per heavy atom. The van der Waals surface area contributed by atoms with E-state index in [0.29, 0.717) is 47.5 Å². The summed E-state index contributed by atoms with van der Waals surface area (Å²) in [6.45, 7) is 0.0190. The number of amides is 1. The molecule has 0 aliphatic carbocycles. The first kappa shape index (κ1) is 25.1. The lowest BCUT2D eigenvalue weighted by molar-refractivity contribution is -0.138. The standard InChI is InChI=1S/C24H25ClF3N5O2/c25-17-5-3-16(4-6-17)12-21-20-13-29-9-7-19(20)23(35)33(31-21)14-18-2-1-10-32(18)11-8-22(34)30-15-24(26,27)28/h3-7,9,13,18H,1-2,8,10-12,14-15H2,(H,30,34)/t18-/m1/s1. The third-order valence-corrected chi connectivity index (χ3v) is 6.37. The number of rotatable bonds is 8. The highest BCUT2D eigenvalue weighted by Gasteiger charge is 2.29. The van der Waals surface area contributed by atoms with Crippen LogP contribution in [0.15, 0.2) is 47.5 Å². The first-order chi connectivity index (χ1) is 16.7. The first-order valence-corrected chi connectivity index (χ1v) is 11.7. The number of likely N-dealkylation sites (tertiary alicyclic amines) is 1. The van der Waals surface area contributed by atoms with E-state index in [1.807, 2.05) is 22.3 Å². The van der Waals surface area contributed by atoms with Gasteiger partial charge < -0.3 is 5.32 Å². The summed E-state index contributed by atoms with van der Waals surface area (Å²) in [4.78, 5) is 31.2. The molecule has 0 unspecified atom stereocenters. The zero-order chi connectivity index (χ0) is 25.0. The number of carbonyl (C=O) groups excluding carboxylic acids is 1. The summed E-state index contributed by atoms with van der Waals surface area (Å²) in [7, 11) is 0. The number of nitrogens with one attached hydrogen (secondary N) is 1. The molecule has 2 aromatic heterocycles. The van der Waals surface area contributed by atoms with Gasteiger partial charge in [-0.3, -0.25) is 19.5 Å². The summed E-state index contributed by atoms with van der Waals surface area (Å²) >= 11 is 6.00. The molecule has 1 atom stereocenters. The molecule has 7 nitrogen and oxygen atoms in total. The van der Waals surface area contributed by atoms with E-state index in [2.05, 4.69) is 10.1 Å². The van der Waals surface area contributed by atoms with Gasteiger partial charge in [0.2, 0.25) is 5.91 Å². The Hall–Kier alpha value is -2.98. The van der Waals surface area contributed by atoms with Gasteiger partial charge in [-0.1, -0.05) is 23.7 Å². The van der Waals surface area contributed by atoms with Crippen molar-refractivity contribution in [1.29, 1.82) is 0 Å². The van der Waals surface area contributed by atoms with Crippen molar-refractivity contribution >= 4 is 28.3 Å². The van der Waals surface area contributed by atoms with Gasteiger partial charge in [0.05, 0.1) is 17.6 Å². The highest BCUT2D eigenvalue weighted by molar-refractivity contribution is 6.30. The second kappa shape index (κ2) is 10.7. The average Bonchev–Trinajstić information content (AvgIpc) is 3.27. The zero-order valence-electron chi connectivity index (χ0n) is 18.9.